The minimum Gasteiger partial charge on any atom is -0.480 e. The molecule has 150 valence electrons. The number of piperidine rings is 1. The molecule has 2 N–H and O–H groups in total. The molecule has 3 aromatic rings. The van der Waals surface area contributed by atoms with Crippen molar-refractivity contribution in [2.24, 2.45) is 7.05 Å². The SMILES string of the molecule is Cc1nn(CC(=O)O)cc1-c1ccc2c(c1)n(C)c(=O)n2C1CCC(=O)NC1=O. The number of imide groups is 1. The quantitative estimate of drug-likeness (QED) is 0.620. The smallest absolute Gasteiger partial charge is 0.329 e. The van der Waals surface area contributed by atoms with E-state index in [0.29, 0.717) is 16.7 Å². The maximum absolute atomic E-state index is 12.8. The van der Waals surface area contributed by atoms with E-state index < -0.39 is 17.9 Å². The predicted octanol–water partition coefficient (Wildman–Crippen LogP) is 0.574. The van der Waals surface area contributed by atoms with Crippen molar-refractivity contribution in [3.8, 4) is 11.1 Å². The number of aliphatic carboxylic acids is 1. The first-order chi connectivity index (χ1) is 13.8. The van der Waals surface area contributed by atoms with Crippen molar-refractivity contribution < 1.29 is 19.5 Å². The van der Waals surface area contributed by atoms with Gasteiger partial charge in [0, 0.05) is 25.2 Å². The minimum atomic E-state index is -0.988. The molecule has 29 heavy (non-hydrogen) atoms. The highest BCUT2D eigenvalue weighted by Gasteiger charge is 2.31. The lowest BCUT2D eigenvalue weighted by molar-refractivity contribution is -0.138. The number of carboxylic acid groups (broad SMARTS) is 1. The van der Waals surface area contributed by atoms with Crippen LogP contribution in [0.4, 0.5) is 0 Å². The summed E-state index contributed by atoms with van der Waals surface area (Å²) in [7, 11) is 1.62. The highest BCUT2D eigenvalue weighted by Crippen LogP contribution is 2.28. The molecule has 10 nitrogen and oxygen atoms in total. The Morgan fingerprint density at radius 3 is 2.72 bits per heavy atom. The molecular formula is C19H19N5O5. The molecule has 3 heterocycles. The molecule has 1 unspecified atom stereocenters. The number of amides is 2. The maximum atomic E-state index is 12.8. The molecular weight excluding hydrogens is 378 g/mol. The second-order valence-corrected chi connectivity index (χ2v) is 7.10. The average molecular weight is 397 g/mol. The monoisotopic (exact) mass is 397 g/mol. The van der Waals surface area contributed by atoms with Gasteiger partial charge in [-0.2, -0.15) is 5.10 Å². The molecule has 0 bridgehead atoms. The van der Waals surface area contributed by atoms with Crippen LogP contribution in [0.5, 0.6) is 0 Å². The topological polar surface area (TPSA) is 128 Å². The van der Waals surface area contributed by atoms with E-state index >= 15 is 0 Å². The van der Waals surface area contributed by atoms with E-state index in [9.17, 15) is 19.2 Å². The van der Waals surface area contributed by atoms with E-state index in [0.717, 1.165) is 11.1 Å². The Kier molecular flexibility index (Phi) is 4.33. The molecule has 1 saturated heterocycles. The van der Waals surface area contributed by atoms with E-state index in [2.05, 4.69) is 10.4 Å². The van der Waals surface area contributed by atoms with Gasteiger partial charge in [0.2, 0.25) is 11.8 Å². The lowest BCUT2D eigenvalue weighted by atomic mass is 10.0. The number of imidazole rings is 1. The fourth-order valence-electron chi connectivity index (χ4n) is 3.78. The Hall–Kier alpha value is -3.69. The first kappa shape index (κ1) is 18.7. The summed E-state index contributed by atoms with van der Waals surface area (Å²) < 4.78 is 4.23. The molecule has 0 spiro atoms. The third kappa shape index (κ3) is 3.12. The molecule has 1 aliphatic heterocycles. The van der Waals surface area contributed by atoms with Crippen LogP contribution in [0.2, 0.25) is 0 Å². The van der Waals surface area contributed by atoms with Crippen molar-refractivity contribution in [3.63, 3.8) is 0 Å². The lowest BCUT2D eigenvalue weighted by Crippen LogP contribution is -2.44. The third-order valence-corrected chi connectivity index (χ3v) is 5.17. The molecule has 2 amide bonds. The summed E-state index contributed by atoms with van der Waals surface area (Å²) in [5.41, 5.74) is 3.08. The van der Waals surface area contributed by atoms with Crippen molar-refractivity contribution in [1.29, 1.82) is 0 Å². The second-order valence-electron chi connectivity index (χ2n) is 7.10. The standard InChI is InChI=1S/C19H19N5O5/c1-10-12(8-23(21-10)9-17(26)27)11-3-4-13-15(7-11)22(2)19(29)24(13)14-5-6-16(25)20-18(14)28/h3-4,7-8,14H,5-6,9H2,1-2H3,(H,26,27)(H,20,25,28). The number of benzene rings is 1. The van der Waals surface area contributed by atoms with Gasteiger partial charge in [0.15, 0.2) is 0 Å². The number of carboxylic acids is 1. The number of carbonyl (C=O) groups is 3. The van der Waals surface area contributed by atoms with Crippen molar-refractivity contribution in [1.82, 2.24) is 24.2 Å². The lowest BCUT2D eigenvalue weighted by Gasteiger charge is -2.21. The van der Waals surface area contributed by atoms with Crippen LogP contribution in [0, 0.1) is 6.92 Å². The Morgan fingerprint density at radius 2 is 2.03 bits per heavy atom. The summed E-state index contributed by atoms with van der Waals surface area (Å²) in [5, 5.41) is 15.5. The van der Waals surface area contributed by atoms with E-state index in [-0.39, 0.29) is 31.0 Å². The molecule has 10 heteroatoms. The molecule has 0 aliphatic carbocycles. The zero-order valence-corrected chi connectivity index (χ0v) is 15.9. The number of rotatable bonds is 4. The van der Waals surface area contributed by atoms with Gasteiger partial charge in [-0.25, -0.2) is 4.79 Å². The van der Waals surface area contributed by atoms with E-state index in [4.69, 9.17) is 5.11 Å². The summed E-state index contributed by atoms with van der Waals surface area (Å²) in [6.07, 6.45) is 2.10. The first-order valence-electron chi connectivity index (χ1n) is 9.07. The number of hydrogen-bond acceptors (Lipinski definition) is 5. The molecule has 2 aromatic heterocycles. The van der Waals surface area contributed by atoms with Crippen molar-refractivity contribution in [2.75, 3.05) is 0 Å². The van der Waals surface area contributed by atoms with Gasteiger partial charge in [-0.05, 0) is 31.0 Å². The fourth-order valence-corrected chi connectivity index (χ4v) is 3.78. The maximum Gasteiger partial charge on any atom is 0.329 e. The number of nitrogens with zero attached hydrogens (tertiary/aromatic N) is 4. The number of fused-ring (bicyclic) bond motifs is 1. The Bertz CT molecular complexity index is 1230. The highest BCUT2D eigenvalue weighted by atomic mass is 16.4. The van der Waals surface area contributed by atoms with Gasteiger partial charge in [0.25, 0.3) is 0 Å². The van der Waals surface area contributed by atoms with Crippen LogP contribution in [-0.2, 0) is 28.0 Å². The van der Waals surface area contributed by atoms with Crippen LogP contribution < -0.4 is 11.0 Å². The van der Waals surface area contributed by atoms with Crippen molar-refractivity contribution in [2.45, 2.75) is 32.4 Å². The Labute approximate surface area is 164 Å². The van der Waals surface area contributed by atoms with E-state index in [1.165, 1.54) is 13.8 Å². The van der Waals surface area contributed by atoms with Crippen molar-refractivity contribution in [3.05, 3.63) is 40.6 Å². The minimum absolute atomic E-state index is 0.180. The third-order valence-electron chi connectivity index (χ3n) is 5.17. The summed E-state index contributed by atoms with van der Waals surface area (Å²) >= 11 is 0. The number of aryl methyl sites for hydroxylation is 2. The number of hydrogen-bond donors (Lipinski definition) is 2. The summed E-state index contributed by atoms with van der Waals surface area (Å²) in [6.45, 7) is 1.54. The Balaban J connectivity index is 1.81. The molecule has 1 aliphatic rings. The Morgan fingerprint density at radius 1 is 1.28 bits per heavy atom. The van der Waals surface area contributed by atoms with Gasteiger partial charge in [-0.15, -0.1) is 0 Å². The van der Waals surface area contributed by atoms with Gasteiger partial charge in [0.1, 0.15) is 12.6 Å². The van der Waals surface area contributed by atoms with Crippen LogP contribution in [0.1, 0.15) is 24.6 Å². The van der Waals surface area contributed by atoms with Gasteiger partial charge in [-0.1, -0.05) is 6.07 Å². The largest absolute Gasteiger partial charge is 0.480 e. The zero-order valence-electron chi connectivity index (χ0n) is 15.9. The van der Waals surface area contributed by atoms with Gasteiger partial charge >= 0.3 is 11.7 Å². The summed E-state index contributed by atoms with van der Waals surface area (Å²) in [4.78, 5) is 47.5. The molecule has 0 saturated carbocycles. The number of nitrogens with one attached hydrogen (secondary N) is 1. The predicted molar refractivity (Wildman–Crippen MR) is 102 cm³/mol. The number of aromatic nitrogens is 4. The average Bonchev–Trinajstić information content (AvgIpc) is 3.13. The van der Waals surface area contributed by atoms with Crippen LogP contribution >= 0.6 is 0 Å². The normalized spacial score (nSPS) is 17.0. The summed E-state index contributed by atoms with van der Waals surface area (Å²) in [6, 6.07) is 4.63. The van der Waals surface area contributed by atoms with Crippen LogP contribution in [0.3, 0.4) is 0 Å². The van der Waals surface area contributed by atoms with E-state index in [1.54, 1.807) is 32.3 Å². The van der Waals surface area contributed by atoms with Crippen LogP contribution in [0.15, 0.2) is 29.2 Å². The molecule has 1 aromatic carbocycles. The summed E-state index contributed by atoms with van der Waals surface area (Å²) in [5.74, 6) is -1.81. The fraction of sp³-hybridized carbons (Fsp3) is 0.316. The van der Waals surface area contributed by atoms with E-state index in [1.807, 2.05) is 6.07 Å². The molecule has 1 atom stereocenters. The van der Waals surface area contributed by atoms with Gasteiger partial charge < -0.3 is 5.11 Å². The molecule has 4 rings (SSSR count). The zero-order chi connectivity index (χ0) is 20.9. The molecule has 0 radical (unpaired) electrons. The van der Waals surface area contributed by atoms with Crippen LogP contribution in [-0.4, -0.2) is 41.8 Å². The van der Waals surface area contributed by atoms with Gasteiger partial charge in [-0.3, -0.25) is 33.5 Å². The second kappa shape index (κ2) is 6.73. The highest BCUT2D eigenvalue weighted by molar-refractivity contribution is 6.00. The first-order valence-corrected chi connectivity index (χ1v) is 9.07. The van der Waals surface area contributed by atoms with Gasteiger partial charge in [0.05, 0.1) is 16.7 Å². The molecule has 1 fully saturated rings. The van der Waals surface area contributed by atoms with Crippen molar-refractivity contribution >= 4 is 28.8 Å². The van der Waals surface area contributed by atoms with Crippen LogP contribution in [0.25, 0.3) is 22.2 Å². The number of carbonyl (C=O) groups excluding carboxylic acids is 2.